The molecular formula is C11H15NO. The van der Waals surface area contributed by atoms with E-state index < -0.39 is 0 Å². The Bertz CT molecular complexity index is 285. The summed E-state index contributed by atoms with van der Waals surface area (Å²) in [4.78, 5) is 0. The van der Waals surface area contributed by atoms with Gasteiger partial charge in [-0.2, -0.15) is 0 Å². The number of anilines is 1. The van der Waals surface area contributed by atoms with Gasteiger partial charge in [0, 0.05) is 18.3 Å². The van der Waals surface area contributed by atoms with Gasteiger partial charge in [-0.05, 0) is 30.9 Å². The smallest absolute Gasteiger partial charge is 0.0450 e. The maximum Gasteiger partial charge on any atom is 0.0450 e. The molecule has 1 aromatic carbocycles. The minimum Gasteiger partial charge on any atom is -0.396 e. The molecule has 0 aromatic heterocycles. The van der Waals surface area contributed by atoms with Crippen LogP contribution in [0.25, 0.3) is 0 Å². The highest BCUT2D eigenvalue weighted by atomic mass is 16.3. The Morgan fingerprint density at radius 2 is 2.23 bits per heavy atom. The van der Waals surface area contributed by atoms with Crippen LogP contribution in [0, 0.1) is 0 Å². The van der Waals surface area contributed by atoms with Crippen molar-refractivity contribution >= 4 is 5.69 Å². The molecule has 1 aliphatic heterocycles. The number of aliphatic hydroxyl groups excluding tert-OH is 1. The first-order valence-corrected chi connectivity index (χ1v) is 4.85. The highest BCUT2D eigenvalue weighted by molar-refractivity contribution is 5.53. The van der Waals surface area contributed by atoms with Gasteiger partial charge in [0.25, 0.3) is 0 Å². The summed E-state index contributed by atoms with van der Waals surface area (Å²) in [5.41, 5.74) is 2.64. The van der Waals surface area contributed by atoms with Crippen LogP contribution in [0.3, 0.4) is 0 Å². The van der Waals surface area contributed by atoms with Crippen LogP contribution in [0.4, 0.5) is 5.69 Å². The van der Waals surface area contributed by atoms with Gasteiger partial charge in [0.2, 0.25) is 0 Å². The standard InChI is InChI=1S/C11H15NO/c13-8-7-10-6-5-9-3-1-2-4-11(9)12-10/h1-4,10,12-13H,5-8H2. The van der Waals surface area contributed by atoms with E-state index in [1.165, 1.54) is 11.3 Å². The van der Waals surface area contributed by atoms with Crippen LogP contribution < -0.4 is 5.32 Å². The highest BCUT2D eigenvalue weighted by Gasteiger charge is 2.15. The Hall–Kier alpha value is -1.02. The monoisotopic (exact) mass is 177 g/mol. The summed E-state index contributed by atoms with van der Waals surface area (Å²) in [6.07, 6.45) is 3.12. The largest absolute Gasteiger partial charge is 0.396 e. The van der Waals surface area contributed by atoms with E-state index in [0.29, 0.717) is 6.04 Å². The molecule has 0 amide bonds. The molecule has 2 rings (SSSR count). The molecule has 1 atom stereocenters. The fourth-order valence-corrected chi connectivity index (χ4v) is 1.87. The average molecular weight is 177 g/mol. The molecule has 0 aliphatic carbocycles. The summed E-state index contributed by atoms with van der Waals surface area (Å²) >= 11 is 0. The Labute approximate surface area is 78.6 Å². The Morgan fingerprint density at radius 3 is 3.08 bits per heavy atom. The zero-order valence-electron chi connectivity index (χ0n) is 7.66. The predicted octanol–water partition coefficient (Wildman–Crippen LogP) is 1.80. The molecule has 0 saturated carbocycles. The van der Waals surface area contributed by atoms with Crippen molar-refractivity contribution in [3.05, 3.63) is 29.8 Å². The molecule has 2 nitrogen and oxygen atoms in total. The van der Waals surface area contributed by atoms with Gasteiger partial charge >= 0.3 is 0 Å². The first-order chi connectivity index (χ1) is 6.40. The van der Waals surface area contributed by atoms with E-state index in [0.717, 1.165) is 19.3 Å². The Balaban J connectivity index is 2.11. The molecule has 1 aliphatic rings. The van der Waals surface area contributed by atoms with E-state index in [4.69, 9.17) is 5.11 Å². The van der Waals surface area contributed by atoms with Gasteiger partial charge in [-0.15, -0.1) is 0 Å². The first kappa shape index (κ1) is 8.57. The van der Waals surface area contributed by atoms with E-state index in [-0.39, 0.29) is 6.61 Å². The van der Waals surface area contributed by atoms with E-state index in [1.807, 2.05) is 6.07 Å². The van der Waals surface area contributed by atoms with Gasteiger partial charge in [-0.25, -0.2) is 0 Å². The molecular weight excluding hydrogens is 162 g/mol. The van der Waals surface area contributed by atoms with Gasteiger partial charge in [0.15, 0.2) is 0 Å². The number of para-hydroxylation sites is 1. The molecule has 0 bridgehead atoms. The fourth-order valence-electron chi connectivity index (χ4n) is 1.87. The number of aliphatic hydroxyl groups is 1. The Kier molecular flexibility index (Phi) is 2.50. The van der Waals surface area contributed by atoms with Gasteiger partial charge in [0.05, 0.1) is 0 Å². The van der Waals surface area contributed by atoms with Gasteiger partial charge in [-0.1, -0.05) is 18.2 Å². The van der Waals surface area contributed by atoms with Crippen LogP contribution in [-0.4, -0.2) is 17.8 Å². The molecule has 0 spiro atoms. The van der Waals surface area contributed by atoms with Crippen molar-refractivity contribution in [2.45, 2.75) is 25.3 Å². The number of hydrogen-bond donors (Lipinski definition) is 2. The van der Waals surface area contributed by atoms with Crippen molar-refractivity contribution in [3.8, 4) is 0 Å². The van der Waals surface area contributed by atoms with Crippen LogP contribution >= 0.6 is 0 Å². The number of benzene rings is 1. The molecule has 0 radical (unpaired) electrons. The second kappa shape index (κ2) is 3.79. The fraction of sp³-hybridized carbons (Fsp3) is 0.455. The number of aryl methyl sites for hydroxylation is 1. The van der Waals surface area contributed by atoms with Crippen LogP contribution in [-0.2, 0) is 6.42 Å². The molecule has 1 aromatic rings. The van der Waals surface area contributed by atoms with Crippen LogP contribution in [0.15, 0.2) is 24.3 Å². The number of fused-ring (bicyclic) bond motifs is 1. The second-order valence-corrected chi connectivity index (χ2v) is 3.55. The predicted molar refractivity (Wildman–Crippen MR) is 53.9 cm³/mol. The van der Waals surface area contributed by atoms with Crippen LogP contribution in [0.5, 0.6) is 0 Å². The lowest BCUT2D eigenvalue weighted by Crippen LogP contribution is -2.26. The van der Waals surface area contributed by atoms with Gasteiger partial charge < -0.3 is 10.4 Å². The molecule has 1 heterocycles. The summed E-state index contributed by atoms with van der Waals surface area (Å²) in [7, 11) is 0. The van der Waals surface area contributed by atoms with Crippen molar-refractivity contribution in [1.82, 2.24) is 0 Å². The third-order valence-corrected chi connectivity index (χ3v) is 2.62. The molecule has 0 fully saturated rings. The van der Waals surface area contributed by atoms with E-state index in [9.17, 15) is 0 Å². The van der Waals surface area contributed by atoms with Crippen molar-refractivity contribution in [3.63, 3.8) is 0 Å². The van der Waals surface area contributed by atoms with E-state index in [1.54, 1.807) is 0 Å². The van der Waals surface area contributed by atoms with Crippen LogP contribution in [0.2, 0.25) is 0 Å². The highest BCUT2D eigenvalue weighted by Crippen LogP contribution is 2.25. The molecule has 1 unspecified atom stereocenters. The summed E-state index contributed by atoms with van der Waals surface area (Å²) in [6.45, 7) is 0.278. The van der Waals surface area contributed by atoms with Crippen molar-refractivity contribution in [2.75, 3.05) is 11.9 Å². The zero-order chi connectivity index (χ0) is 9.10. The maximum absolute atomic E-state index is 8.83. The lowest BCUT2D eigenvalue weighted by atomic mass is 9.97. The second-order valence-electron chi connectivity index (χ2n) is 3.55. The number of hydrogen-bond acceptors (Lipinski definition) is 2. The topological polar surface area (TPSA) is 32.3 Å². The van der Waals surface area contributed by atoms with Gasteiger partial charge in [0.1, 0.15) is 0 Å². The lowest BCUT2D eigenvalue weighted by Gasteiger charge is -2.26. The Morgan fingerprint density at radius 1 is 1.38 bits per heavy atom. The zero-order valence-corrected chi connectivity index (χ0v) is 7.66. The third-order valence-electron chi connectivity index (χ3n) is 2.62. The van der Waals surface area contributed by atoms with E-state index >= 15 is 0 Å². The lowest BCUT2D eigenvalue weighted by molar-refractivity contribution is 0.276. The average Bonchev–Trinajstić information content (AvgIpc) is 2.18. The summed E-state index contributed by atoms with van der Waals surface area (Å²) in [5.74, 6) is 0. The minimum atomic E-state index is 0.278. The first-order valence-electron chi connectivity index (χ1n) is 4.85. The molecule has 2 heteroatoms. The molecule has 13 heavy (non-hydrogen) atoms. The summed E-state index contributed by atoms with van der Waals surface area (Å²) in [6, 6.07) is 8.86. The molecule has 70 valence electrons. The maximum atomic E-state index is 8.83. The molecule has 0 saturated heterocycles. The summed E-state index contributed by atoms with van der Waals surface area (Å²) in [5, 5.41) is 12.3. The number of nitrogens with one attached hydrogen (secondary N) is 1. The minimum absolute atomic E-state index is 0.278. The third kappa shape index (κ3) is 1.83. The van der Waals surface area contributed by atoms with Crippen molar-refractivity contribution < 1.29 is 5.11 Å². The SMILES string of the molecule is OCCC1CCc2ccccc2N1. The van der Waals surface area contributed by atoms with Crippen LogP contribution in [0.1, 0.15) is 18.4 Å². The number of rotatable bonds is 2. The van der Waals surface area contributed by atoms with E-state index in [2.05, 4.69) is 23.5 Å². The summed E-state index contributed by atoms with van der Waals surface area (Å²) < 4.78 is 0. The van der Waals surface area contributed by atoms with Crippen molar-refractivity contribution in [2.24, 2.45) is 0 Å². The normalized spacial score (nSPS) is 20.5. The molecule has 2 N–H and O–H groups in total. The quantitative estimate of drug-likeness (QED) is 0.722. The van der Waals surface area contributed by atoms with Gasteiger partial charge in [-0.3, -0.25) is 0 Å². The van der Waals surface area contributed by atoms with Crippen molar-refractivity contribution in [1.29, 1.82) is 0 Å².